The minimum absolute atomic E-state index is 0.0227. The van der Waals surface area contributed by atoms with Crippen molar-refractivity contribution in [2.45, 2.75) is 24.7 Å². The third-order valence-corrected chi connectivity index (χ3v) is 10.0. The summed E-state index contributed by atoms with van der Waals surface area (Å²) in [5, 5.41) is 19.4. The Morgan fingerprint density at radius 2 is 0.976 bits per heavy atom. The summed E-state index contributed by atoms with van der Waals surface area (Å²) in [6, 6.07) is 2.61. The molecule has 0 aliphatic heterocycles. The topological polar surface area (TPSA) is 206 Å². The predicted molar refractivity (Wildman–Crippen MR) is 158 cm³/mol. The van der Waals surface area contributed by atoms with Gasteiger partial charge in [-0.2, -0.15) is 0 Å². The Kier molecular flexibility index (Phi) is 9.38. The summed E-state index contributed by atoms with van der Waals surface area (Å²) in [7, 11) is -4.11. The van der Waals surface area contributed by atoms with E-state index in [2.05, 4.69) is 19.9 Å². The number of benzene rings is 2. The molecule has 0 saturated carbocycles. The van der Waals surface area contributed by atoms with Crippen molar-refractivity contribution >= 4 is 78.3 Å². The van der Waals surface area contributed by atoms with Gasteiger partial charge in [-0.15, -0.1) is 0 Å². The minimum atomic E-state index is -4.11. The number of halogens is 4. The van der Waals surface area contributed by atoms with Crippen LogP contribution >= 0.6 is 46.4 Å². The first-order valence-corrected chi connectivity index (χ1v) is 15.3. The van der Waals surface area contributed by atoms with Gasteiger partial charge >= 0.3 is 22.2 Å². The number of hydrogen-bond donors (Lipinski definition) is 6. The zero-order chi connectivity index (χ0) is 30.2. The molecule has 0 fully saturated rings. The van der Waals surface area contributed by atoms with Crippen molar-refractivity contribution in [2.24, 2.45) is 0 Å². The van der Waals surface area contributed by atoms with Crippen molar-refractivity contribution < 1.29 is 18.6 Å². The zero-order valence-corrected chi connectivity index (χ0v) is 24.7. The molecule has 41 heavy (non-hydrogen) atoms. The summed E-state index contributed by atoms with van der Waals surface area (Å²) < 4.78 is 27.4. The highest BCUT2D eigenvalue weighted by molar-refractivity contribution is 7.91. The molecule has 6 N–H and O–H groups in total. The Labute approximate surface area is 250 Å². The van der Waals surface area contributed by atoms with E-state index in [1.807, 2.05) is 0 Å². The van der Waals surface area contributed by atoms with Crippen molar-refractivity contribution in [3.63, 3.8) is 0 Å². The van der Waals surface area contributed by atoms with Gasteiger partial charge in [0.2, 0.25) is 0 Å². The van der Waals surface area contributed by atoms with E-state index in [0.29, 0.717) is 0 Å². The average Bonchev–Trinajstić information content (AvgIpc) is 2.88. The fraction of sp³-hybridized carbons (Fsp3) is 0.333. The summed E-state index contributed by atoms with van der Waals surface area (Å²) in [4.78, 5) is 57.5. The van der Waals surface area contributed by atoms with Crippen molar-refractivity contribution in [2.75, 3.05) is 24.7 Å². The van der Waals surface area contributed by atoms with E-state index in [0.717, 1.165) is 0 Å². The summed E-state index contributed by atoms with van der Waals surface area (Å²) >= 11 is 25.4. The molecule has 2 atom stereocenters. The van der Waals surface area contributed by atoms with Crippen LogP contribution in [0.2, 0.25) is 20.1 Å². The number of fused-ring (bicyclic) bond motifs is 2. The average molecular weight is 668 g/mol. The molecule has 0 amide bonds. The number of aromatic amines is 4. The van der Waals surface area contributed by atoms with Crippen LogP contribution in [-0.4, -0.2) is 63.3 Å². The quantitative estimate of drug-likeness (QED) is 0.138. The van der Waals surface area contributed by atoms with Crippen LogP contribution in [0.1, 0.15) is 35.8 Å². The molecule has 2 aromatic carbocycles. The van der Waals surface area contributed by atoms with Gasteiger partial charge in [0.25, 0.3) is 0 Å². The maximum atomic E-state index is 13.7. The molecule has 220 valence electrons. The lowest BCUT2D eigenvalue weighted by Gasteiger charge is -2.23. The van der Waals surface area contributed by atoms with Gasteiger partial charge in [0, 0.05) is 36.2 Å². The maximum Gasteiger partial charge on any atom is 0.314 e. The van der Waals surface area contributed by atoms with Gasteiger partial charge in [-0.3, -0.25) is 19.2 Å². The number of sulfone groups is 1. The number of aliphatic hydroxyl groups is 2. The maximum absolute atomic E-state index is 13.7. The highest BCUT2D eigenvalue weighted by atomic mass is 35.5. The van der Waals surface area contributed by atoms with Crippen LogP contribution in [0, 0.1) is 0 Å². The second kappa shape index (κ2) is 12.3. The van der Waals surface area contributed by atoms with Crippen LogP contribution in [0.15, 0.2) is 31.3 Å². The SMILES string of the molecule is O=c1[nH]c2cc(Cl)c(Cl)c(C(CCO)CS(=O)(=O)CC(CCO)c3c(Cl)c(Cl)cc4[nH]c(=O)c(=O)[nH]c34)c2[nH]c1=O. The molecular weight excluding hydrogens is 646 g/mol. The fourth-order valence-electron chi connectivity index (χ4n) is 4.84. The first-order valence-electron chi connectivity index (χ1n) is 12.0. The van der Waals surface area contributed by atoms with Crippen molar-refractivity contribution in [1.29, 1.82) is 0 Å². The molecule has 4 rings (SSSR count). The van der Waals surface area contributed by atoms with Gasteiger partial charge in [-0.05, 0) is 25.0 Å². The molecule has 2 aromatic heterocycles. The van der Waals surface area contributed by atoms with Crippen molar-refractivity contribution in [1.82, 2.24) is 19.9 Å². The number of rotatable bonds is 10. The highest BCUT2D eigenvalue weighted by Crippen LogP contribution is 2.40. The molecular formula is C24H22Cl4N4O8S. The second-order valence-corrected chi connectivity index (χ2v) is 13.1. The van der Waals surface area contributed by atoms with E-state index in [1.54, 1.807) is 0 Å². The molecule has 0 bridgehead atoms. The number of nitrogens with one attached hydrogen (secondary N) is 4. The summed E-state index contributed by atoms with van der Waals surface area (Å²) in [5.41, 5.74) is -3.39. The summed E-state index contributed by atoms with van der Waals surface area (Å²) in [6.07, 6.45) is -0.231. The lowest BCUT2D eigenvalue weighted by Crippen LogP contribution is -2.30. The van der Waals surface area contributed by atoms with Crippen LogP contribution in [-0.2, 0) is 9.84 Å². The Balaban J connectivity index is 1.83. The fourth-order valence-corrected chi connectivity index (χ4v) is 7.90. The van der Waals surface area contributed by atoms with Gasteiger partial charge in [-0.25, -0.2) is 8.42 Å². The molecule has 17 heteroatoms. The molecule has 0 spiro atoms. The Hall–Kier alpha value is -2.65. The third-order valence-electron chi connectivity index (χ3n) is 6.58. The second-order valence-electron chi connectivity index (χ2n) is 9.33. The number of H-pyrrole nitrogens is 4. The van der Waals surface area contributed by atoms with Crippen LogP contribution in [0.25, 0.3) is 22.1 Å². The predicted octanol–water partition coefficient (Wildman–Crippen LogP) is 2.41. The Morgan fingerprint density at radius 3 is 1.32 bits per heavy atom. The summed E-state index contributed by atoms with van der Waals surface area (Å²) in [6.45, 7) is -0.922. The molecule has 0 aliphatic carbocycles. The standard InChI is InChI=1S/C24H22Cl4N4O8S/c25-11-5-13-19(31-23(37)21(35)29-13)15(17(11)27)9(1-3-33)7-41(39,40)8-10(2-4-34)16-18(28)12(26)6-14-20(16)32-24(38)22(36)30-14/h5-6,9-10,33-34H,1-4,7-8H2,(H,29,35)(H,30,36)(H,31,37)(H,32,38). The molecule has 0 radical (unpaired) electrons. The van der Waals surface area contributed by atoms with Crippen LogP contribution in [0.3, 0.4) is 0 Å². The van der Waals surface area contributed by atoms with Gasteiger partial charge in [0.1, 0.15) is 0 Å². The zero-order valence-electron chi connectivity index (χ0n) is 20.8. The van der Waals surface area contributed by atoms with Crippen LogP contribution < -0.4 is 22.2 Å². The van der Waals surface area contributed by atoms with E-state index >= 15 is 0 Å². The first-order chi connectivity index (χ1) is 19.3. The van der Waals surface area contributed by atoms with E-state index in [9.17, 15) is 37.8 Å². The molecule has 2 heterocycles. The van der Waals surface area contributed by atoms with Crippen molar-refractivity contribution in [3.05, 3.63) is 84.8 Å². The van der Waals surface area contributed by atoms with E-state index in [1.165, 1.54) is 12.1 Å². The molecule has 2 unspecified atom stereocenters. The van der Waals surface area contributed by atoms with Crippen LogP contribution in [0.5, 0.6) is 0 Å². The molecule has 4 aromatic rings. The molecule has 0 aliphatic rings. The van der Waals surface area contributed by atoms with Gasteiger partial charge in [0.15, 0.2) is 9.84 Å². The molecule has 12 nitrogen and oxygen atoms in total. The van der Waals surface area contributed by atoms with E-state index in [4.69, 9.17) is 46.4 Å². The van der Waals surface area contributed by atoms with E-state index < -0.39 is 68.6 Å². The third kappa shape index (κ3) is 6.41. The monoisotopic (exact) mass is 666 g/mol. The number of aromatic nitrogens is 4. The van der Waals surface area contributed by atoms with Crippen LogP contribution in [0.4, 0.5) is 0 Å². The highest BCUT2D eigenvalue weighted by Gasteiger charge is 2.31. The van der Waals surface area contributed by atoms with Gasteiger partial charge in [-0.1, -0.05) is 46.4 Å². The number of hydrogen-bond acceptors (Lipinski definition) is 8. The first kappa shape index (κ1) is 31.3. The lowest BCUT2D eigenvalue weighted by molar-refractivity contribution is 0.278. The number of aliphatic hydroxyl groups excluding tert-OH is 2. The largest absolute Gasteiger partial charge is 0.396 e. The summed E-state index contributed by atoms with van der Waals surface area (Å²) in [5.74, 6) is -3.21. The van der Waals surface area contributed by atoms with Gasteiger partial charge in [0.05, 0.1) is 53.7 Å². The van der Waals surface area contributed by atoms with E-state index in [-0.39, 0.29) is 66.1 Å². The Bertz CT molecular complexity index is 1870. The molecule has 0 saturated heterocycles. The lowest BCUT2D eigenvalue weighted by atomic mass is 9.96. The van der Waals surface area contributed by atoms with Crippen molar-refractivity contribution in [3.8, 4) is 0 Å². The Morgan fingerprint density at radius 1 is 0.634 bits per heavy atom. The normalized spacial score (nSPS) is 13.6. The minimum Gasteiger partial charge on any atom is -0.396 e. The van der Waals surface area contributed by atoms with Gasteiger partial charge < -0.3 is 30.1 Å². The smallest absolute Gasteiger partial charge is 0.314 e.